The first-order chi connectivity index (χ1) is 15.4. The van der Waals surface area contributed by atoms with Crippen molar-refractivity contribution in [3.8, 4) is 5.75 Å². The van der Waals surface area contributed by atoms with Gasteiger partial charge in [-0.3, -0.25) is 14.3 Å². The van der Waals surface area contributed by atoms with Gasteiger partial charge in [0.05, 0.1) is 17.7 Å². The predicted octanol–water partition coefficient (Wildman–Crippen LogP) is 3.85. The molecule has 0 aromatic heterocycles. The van der Waals surface area contributed by atoms with Crippen molar-refractivity contribution in [2.45, 2.75) is 11.8 Å². The molecule has 0 atom stereocenters. The number of rotatable bonds is 8. The molecule has 3 rings (SSSR count). The monoisotopic (exact) mass is 452 g/mol. The second kappa shape index (κ2) is 10.1. The second-order valence-electron chi connectivity index (χ2n) is 6.80. The van der Waals surface area contributed by atoms with Crippen LogP contribution in [0.4, 0.5) is 5.69 Å². The number of sulfonamides is 1. The molecule has 0 aliphatic carbocycles. The molecular formula is C24H24N2O5S. The van der Waals surface area contributed by atoms with Gasteiger partial charge in [0.1, 0.15) is 5.75 Å². The maximum Gasteiger partial charge on any atom is 0.267 e. The highest BCUT2D eigenvalue weighted by Gasteiger charge is 2.24. The van der Waals surface area contributed by atoms with Gasteiger partial charge in [0.25, 0.3) is 15.9 Å². The Bertz CT molecular complexity index is 1210. The molecule has 0 aliphatic rings. The number of methoxy groups -OCH3 is 1. The zero-order valence-corrected chi connectivity index (χ0v) is 18.5. The summed E-state index contributed by atoms with van der Waals surface area (Å²) in [4.78, 5) is 12.0. The molecule has 0 unspecified atom stereocenters. The summed E-state index contributed by atoms with van der Waals surface area (Å²) >= 11 is 0. The van der Waals surface area contributed by atoms with E-state index in [0.717, 1.165) is 5.56 Å². The van der Waals surface area contributed by atoms with Gasteiger partial charge >= 0.3 is 0 Å². The lowest BCUT2D eigenvalue weighted by atomic mass is 9.97. The molecule has 8 heteroatoms. The molecule has 0 fully saturated rings. The number of nitrogens with one attached hydrogen (secondary N) is 1. The molecule has 0 saturated carbocycles. The molecule has 2 N–H and O–H groups in total. The van der Waals surface area contributed by atoms with Crippen LogP contribution in [0, 0.1) is 0 Å². The van der Waals surface area contributed by atoms with Crippen LogP contribution in [-0.4, -0.2) is 33.2 Å². The Kier molecular flexibility index (Phi) is 7.29. The SMILES string of the molecule is CCN(c1cccc(/C(=C\C(=O)NO)c2ccccc2)c1)S(=O)(=O)c1ccc(OC)cc1. The van der Waals surface area contributed by atoms with Crippen molar-refractivity contribution in [1.29, 1.82) is 0 Å². The number of nitrogens with zero attached hydrogens (tertiary/aromatic N) is 1. The second-order valence-corrected chi connectivity index (χ2v) is 8.66. The molecule has 3 aromatic carbocycles. The van der Waals surface area contributed by atoms with Crippen LogP contribution < -0.4 is 14.5 Å². The fourth-order valence-corrected chi connectivity index (χ4v) is 4.77. The fraction of sp³-hybridized carbons (Fsp3) is 0.125. The number of amides is 1. The summed E-state index contributed by atoms with van der Waals surface area (Å²) in [6, 6.07) is 22.3. The highest BCUT2D eigenvalue weighted by Crippen LogP contribution is 2.30. The van der Waals surface area contributed by atoms with Gasteiger partial charge in [0.2, 0.25) is 0 Å². The van der Waals surface area contributed by atoms with Crippen LogP contribution in [0.5, 0.6) is 5.75 Å². The quantitative estimate of drug-likeness (QED) is 0.308. The summed E-state index contributed by atoms with van der Waals surface area (Å²) in [6.45, 7) is 1.96. The first-order valence-corrected chi connectivity index (χ1v) is 11.3. The number of hydroxylamine groups is 1. The predicted molar refractivity (Wildman–Crippen MR) is 123 cm³/mol. The highest BCUT2D eigenvalue weighted by molar-refractivity contribution is 7.92. The van der Waals surface area contributed by atoms with Crippen molar-refractivity contribution in [2.75, 3.05) is 18.0 Å². The summed E-state index contributed by atoms with van der Waals surface area (Å²) < 4.78 is 33.0. The first kappa shape index (κ1) is 23.1. The molecule has 3 aromatic rings. The van der Waals surface area contributed by atoms with E-state index in [1.165, 1.54) is 29.6 Å². The molecule has 0 aliphatic heterocycles. The average Bonchev–Trinajstić information content (AvgIpc) is 2.83. The van der Waals surface area contributed by atoms with Crippen LogP contribution in [0.2, 0.25) is 0 Å². The number of hydrogen-bond donors (Lipinski definition) is 2. The van der Waals surface area contributed by atoms with E-state index in [4.69, 9.17) is 9.94 Å². The Morgan fingerprint density at radius 2 is 1.66 bits per heavy atom. The van der Waals surface area contributed by atoms with Crippen molar-refractivity contribution in [3.63, 3.8) is 0 Å². The number of carbonyl (C=O) groups excluding carboxylic acids is 1. The van der Waals surface area contributed by atoms with Gasteiger partial charge < -0.3 is 4.74 Å². The van der Waals surface area contributed by atoms with Gasteiger partial charge in [-0.05, 0) is 60.0 Å². The zero-order valence-electron chi connectivity index (χ0n) is 17.7. The van der Waals surface area contributed by atoms with Crippen LogP contribution >= 0.6 is 0 Å². The minimum Gasteiger partial charge on any atom is -0.497 e. The summed E-state index contributed by atoms with van der Waals surface area (Å²) in [6.07, 6.45) is 1.27. The van der Waals surface area contributed by atoms with Gasteiger partial charge in [-0.1, -0.05) is 42.5 Å². The molecule has 0 heterocycles. The standard InChI is InChI=1S/C24H24N2O5S/c1-3-26(32(29,30)22-14-12-21(31-2)13-15-22)20-11-7-10-19(16-20)23(17-24(27)25-28)18-8-5-4-6-9-18/h4-17,28H,3H2,1-2H3,(H,25,27)/b23-17-. The Labute approximate surface area is 187 Å². The summed E-state index contributed by atoms with van der Waals surface area (Å²) in [5.41, 5.74) is 3.97. The van der Waals surface area contributed by atoms with Crippen molar-refractivity contribution >= 4 is 27.2 Å². The Balaban J connectivity index is 2.07. The van der Waals surface area contributed by atoms with Gasteiger partial charge in [0, 0.05) is 12.6 Å². The number of anilines is 1. The summed E-state index contributed by atoms with van der Waals surface area (Å²) in [5.74, 6) is -0.124. The van der Waals surface area contributed by atoms with Gasteiger partial charge in [-0.25, -0.2) is 13.9 Å². The van der Waals surface area contributed by atoms with Gasteiger partial charge in [-0.15, -0.1) is 0 Å². The molecule has 166 valence electrons. The van der Waals surface area contributed by atoms with Crippen molar-refractivity contribution in [2.24, 2.45) is 0 Å². The number of hydrogen-bond acceptors (Lipinski definition) is 5. The zero-order chi connectivity index (χ0) is 23.1. The Morgan fingerprint density at radius 1 is 1.00 bits per heavy atom. The van der Waals surface area contributed by atoms with E-state index in [1.807, 2.05) is 30.3 Å². The Hall–Kier alpha value is -3.62. The van der Waals surface area contributed by atoms with Gasteiger partial charge in [0.15, 0.2) is 0 Å². The first-order valence-electron chi connectivity index (χ1n) is 9.89. The third kappa shape index (κ3) is 4.99. The lowest BCUT2D eigenvalue weighted by Gasteiger charge is -2.24. The molecule has 0 bridgehead atoms. The van der Waals surface area contributed by atoms with E-state index in [2.05, 4.69) is 0 Å². The molecule has 0 radical (unpaired) electrons. The highest BCUT2D eigenvalue weighted by atomic mass is 32.2. The molecular weight excluding hydrogens is 428 g/mol. The lowest BCUT2D eigenvalue weighted by Crippen LogP contribution is -2.30. The van der Waals surface area contributed by atoms with Crippen molar-refractivity contribution in [1.82, 2.24) is 5.48 Å². The minimum atomic E-state index is -3.82. The minimum absolute atomic E-state index is 0.143. The fourth-order valence-electron chi connectivity index (χ4n) is 3.31. The number of ether oxygens (including phenoxy) is 1. The average molecular weight is 453 g/mol. The molecule has 0 spiro atoms. The number of benzene rings is 3. The summed E-state index contributed by atoms with van der Waals surface area (Å²) in [7, 11) is -2.31. The maximum atomic E-state index is 13.3. The normalized spacial score (nSPS) is 11.7. The third-order valence-corrected chi connectivity index (χ3v) is 6.77. The van der Waals surface area contributed by atoms with Gasteiger partial charge in [-0.2, -0.15) is 0 Å². The molecule has 1 amide bonds. The molecule has 0 saturated heterocycles. The van der Waals surface area contributed by atoms with Crippen LogP contribution in [0.3, 0.4) is 0 Å². The maximum absolute atomic E-state index is 13.3. The lowest BCUT2D eigenvalue weighted by molar-refractivity contribution is -0.124. The van der Waals surface area contributed by atoms with Crippen LogP contribution in [-0.2, 0) is 14.8 Å². The van der Waals surface area contributed by atoms with E-state index >= 15 is 0 Å². The molecule has 32 heavy (non-hydrogen) atoms. The summed E-state index contributed by atoms with van der Waals surface area (Å²) in [5, 5.41) is 8.99. The van der Waals surface area contributed by atoms with E-state index < -0.39 is 15.9 Å². The van der Waals surface area contributed by atoms with Crippen LogP contribution in [0.1, 0.15) is 18.1 Å². The largest absolute Gasteiger partial charge is 0.497 e. The Morgan fingerprint density at radius 3 is 2.25 bits per heavy atom. The van der Waals surface area contributed by atoms with Crippen LogP contribution in [0.25, 0.3) is 5.57 Å². The van der Waals surface area contributed by atoms with E-state index in [9.17, 15) is 13.2 Å². The topological polar surface area (TPSA) is 95.9 Å². The van der Waals surface area contributed by atoms with Crippen molar-refractivity contribution in [3.05, 3.63) is 96.1 Å². The van der Waals surface area contributed by atoms with Crippen LogP contribution in [0.15, 0.2) is 89.8 Å². The smallest absolute Gasteiger partial charge is 0.267 e. The number of carbonyl (C=O) groups is 1. The van der Waals surface area contributed by atoms with Crippen molar-refractivity contribution < 1.29 is 23.2 Å². The van der Waals surface area contributed by atoms with E-state index in [1.54, 1.807) is 48.8 Å². The third-order valence-electron chi connectivity index (χ3n) is 4.85. The van der Waals surface area contributed by atoms with E-state index in [0.29, 0.717) is 22.6 Å². The van der Waals surface area contributed by atoms with E-state index in [-0.39, 0.29) is 11.4 Å². The molecule has 7 nitrogen and oxygen atoms in total.